The minimum absolute atomic E-state index is 0.0855. The molecule has 2 amide bonds. The molecule has 9 heteroatoms. The second-order valence-corrected chi connectivity index (χ2v) is 7.69. The van der Waals surface area contributed by atoms with Crippen molar-refractivity contribution in [1.29, 1.82) is 0 Å². The van der Waals surface area contributed by atoms with Crippen LogP contribution in [0.1, 0.15) is 22.0 Å². The molecule has 0 saturated carbocycles. The summed E-state index contributed by atoms with van der Waals surface area (Å²) in [6.45, 7) is 4.02. The Morgan fingerprint density at radius 3 is 2.85 bits per heavy atom. The Morgan fingerprint density at radius 1 is 1.37 bits per heavy atom. The fourth-order valence-corrected chi connectivity index (χ4v) is 3.70. The number of hydrogen-bond acceptors (Lipinski definition) is 6. The monoisotopic (exact) mass is 391 g/mol. The van der Waals surface area contributed by atoms with E-state index in [1.807, 2.05) is 11.8 Å². The zero-order valence-electron chi connectivity index (χ0n) is 15.1. The second kappa shape index (κ2) is 9.01. The van der Waals surface area contributed by atoms with Crippen LogP contribution in [0, 0.1) is 12.7 Å². The molecular weight excluding hydrogens is 369 g/mol. The Balaban J connectivity index is 1.53. The van der Waals surface area contributed by atoms with E-state index >= 15 is 0 Å². The maximum atomic E-state index is 13.1. The number of aryl methyl sites for hydroxylation is 1. The summed E-state index contributed by atoms with van der Waals surface area (Å²) < 4.78 is 13.1. The Hall–Kier alpha value is -2.39. The van der Waals surface area contributed by atoms with Gasteiger partial charge in [-0.2, -0.15) is 0 Å². The highest BCUT2D eigenvalue weighted by atomic mass is 32.1. The summed E-state index contributed by atoms with van der Waals surface area (Å²) in [4.78, 5) is 26.5. The van der Waals surface area contributed by atoms with E-state index in [1.165, 1.54) is 23.5 Å². The number of aromatic nitrogens is 2. The normalized spacial score (nSPS) is 17.6. The van der Waals surface area contributed by atoms with Crippen LogP contribution in [-0.4, -0.2) is 52.6 Å². The molecule has 0 aliphatic carbocycles. The topological polar surface area (TPSA) is 87.2 Å². The summed E-state index contributed by atoms with van der Waals surface area (Å²) >= 11 is 1.51. The number of piperazine rings is 1. The van der Waals surface area contributed by atoms with Crippen LogP contribution in [0.25, 0.3) is 0 Å². The number of benzene rings is 1. The molecule has 0 unspecified atom stereocenters. The first-order valence-corrected chi connectivity index (χ1v) is 9.65. The Bertz CT molecular complexity index is 795. The van der Waals surface area contributed by atoms with E-state index in [2.05, 4.69) is 20.8 Å². The highest BCUT2D eigenvalue weighted by Gasteiger charge is 2.31. The molecule has 0 bridgehead atoms. The predicted octanol–water partition coefficient (Wildman–Crippen LogP) is 1.04. The van der Waals surface area contributed by atoms with E-state index < -0.39 is 6.04 Å². The number of rotatable bonds is 7. The first-order chi connectivity index (χ1) is 13.0. The molecule has 1 aromatic heterocycles. The van der Waals surface area contributed by atoms with Gasteiger partial charge >= 0.3 is 0 Å². The van der Waals surface area contributed by atoms with Crippen LogP contribution in [0.15, 0.2) is 24.3 Å². The number of nitrogens with zero attached hydrogens (tertiary/aromatic N) is 3. The summed E-state index contributed by atoms with van der Waals surface area (Å²) in [5.41, 5.74) is 0.906. The Kier molecular flexibility index (Phi) is 6.46. The van der Waals surface area contributed by atoms with Crippen molar-refractivity contribution in [3.63, 3.8) is 0 Å². The molecule has 2 aromatic rings. The molecule has 1 aromatic carbocycles. The molecule has 0 spiro atoms. The van der Waals surface area contributed by atoms with Gasteiger partial charge in [0.25, 0.3) is 0 Å². The van der Waals surface area contributed by atoms with Gasteiger partial charge in [-0.05, 0) is 24.6 Å². The van der Waals surface area contributed by atoms with Crippen LogP contribution in [0.5, 0.6) is 0 Å². The third-order valence-electron chi connectivity index (χ3n) is 4.35. The predicted molar refractivity (Wildman–Crippen MR) is 99.6 cm³/mol. The van der Waals surface area contributed by atoms with Crippen LogP contribution in [0.3, 0.4) is 0 Å². The van der Waals surface area contributed by atoms with Crippen molar-refractivity contribution in [2.45, 2.75) is 32.4 Å². The highest BCUT2D eigenvalue weighted by molar-refractivity contribution is 7.11. The van der Waals surface area contributed by atoms with E-state index in [0.717, 1.165) is 15.6 Å². The number of amides is 2. The van der Waals surface area contributed by atoms with Crippen molar-refractivity contribution in [2.24, 2.45) is 0 Å². The lowest BCUT2D eigenvalue weighted by molar-refractivity contribution is -0.134. The van der Waals surface area contributed by atoms with Gasteiger partial charge in [-0.15, -0.1) is 21.5 Å². The lowest BCUT2D eigenvalue weighted by Crippen LogP contribution is -2.56. The zero-order chi connectivity index (χ0) is 19.2. The van der Waals surface area contributed by atoms with Gasteiger partial charge in [0, 0.05) is 32.6 Å². The second-order valence-electron chi connectivity index (χ2n) is 6.42. The first kappa shape index (κ1) is 19.4. The molecule has 144 valence electrons. The van der Waals surface area contributed by atoms with E-state index in [9.17, 15) is 14.0 Å². The van der Waals surface area contributed by atoms with Crippen molar-refractivity contribution in [3.8, 4) is 0 Å². The molecule has 0 radical (unpaired) electrons. The minimum atomic E-state index is -0.535. The first-order valence-electron chi connectivity index (χ1n) is 8.83. The summed E-state index contributed by atoms with van der Waals surface area (Å²) in [7, 11) is 0. The van der Waals surface area contributed by atoms with E-state index in [-0.39, 0.29) is 24.1 Å². The largest absolute Gasteiger partial charge is 0.356 e. The SMILES string of the molecule is Cc1nnc(CCNC(=O)C[C@H]2C(=O)NCCN2Cc2ccc(F)cc2)s1. The zero-order valence-corrected chi connectivity index (χ0v) is 15.9. The van der Waals surface area contributed by atoms with Crippen LogP contribution in [0.2, 0.25) is 0 Å². The summed E-state index contributed by atoms with van der Waals surface area (Å²) in [6, 6.07) is 5.66. The van der Waals surface area contributed by atoms with Gasteiger partial charge in [-0.25, -0.2) is 4.39 Å². The van der Waals surface area contributed by atoms with E-state index in [0.29, 0.717) is 32.6 Å². The van der Waals surface area contributed by atoms with Gasteiger partial charge in [0.1, 0.15) is 15.8 Å². The van der Waals surface area contributed by atoms with E-state index in [4.69, 9.17) is 0 Å². The number of hydrogen-bond donors (Lipinski definition) is 2. The fourth-order valence-electron chi connectivity index (χ4n) is 2.99. The third kappa shape index (κ3) is 5.54. The van der Waals surface area contributed by atoms with Gasteiger partial charge in [0.2, 0.25) is 11.8 Å². The highest BCUT2D eigenvalue weighted by Crippen LogP contribution is 2.14. The lowest BCUT2D eigenvalue weighted by atomic mass is 10.1. The summed E-state index contributed by atoms with van der Waals surface area (Å²) in [5.74, 6) is -0.627. The number of carbonyl (C=O) groups excluding carboxylic acids is 2. The van der Waals surface area contributed by atoms with Gasteiger partial charge in [0.05, 0.1) is 12.5 Å². The smallest absolute Gasteiger partial charge is 0.237 e. The molecule has 1 aliphatic rings. The molecule has 1 saturated heterocycles. The molecule has 2 N–H and O–H groups in total. The Morgan fingerprint density at radius 2 is 2.15 bits per heavy atom. The van der Waals surface area contributed by atoms with Crippen LogP contribution in [-0.2, 0) is 22.6 Å². The molecular formula is C18H22FN5O2S. The average molecular weight is 391 g/mol. The molecule has 7 nitrogen and oxygen atoms in total. The van der Waals surface area contributed by atoms with Crippen molar-refractivity contribution >= 4 is 23.2 Å². The van der Waals surface area contributed by atoms with Gasteiger partial charge < -0.3 is 10.6 Å². The third-order valence-corrected chi connectivity index (χ3v) is 5.25. The number of carbonyl (C=O) groups is 2. The maximum absolute atomic E-state index is 13.1. The molecule has 1 aliphatic heterocycles. The average Bonchev–Trinajstić information content (AvgIpc) is 3.05. The number of halogens is 1. The fraction of sp³-hybridized carbons (Fsp3) is 0.444. The van der Waals surface area contributed by atoms with Gasteiger partial charge in [-0.1, -0.05) is 12.1 Å². The standard InChI is InChI=1S/C18H22FN5O2S/c1-12-22-23-17(27-12)6-7-20-16(25)10-15-18(26)21-8-9-24(15)11-13-2-4-14(19)5-3-13/h2-5,15H,6-11H2,1H3,(H,20,25)(H,21,26)/t15-/m0/s1. The molecule has 2 heterocycles. The maximum Gasteiger partial charge on any atom is 0.237 e. The lowest BCUT2D eigenvalue weighted by Gasteiger charge is -2.34. The summed E-state index contributed by atoms with van der Waals surface area (Å²) in [5, 5.41) is 15.4. The van der Waals surface area contributed by atoms with Gasteiger partial charge in [0.15, 0.2) is 0 Å². The van der Waals surface area contributed by atoms with Crippen molar-refractivity contribution in [1.82, 2.24) is 25.7 Å². The molecule has 1 atom stereocenters. The van der Waals surface area contributed by atoms with Crippen LogP contribution >= 0.6 is 11.3 Å². The van der Waals surface area contributed by atoms with E-state index in [1.54, 1.807) is 12.1 Å². The van der Waals surface area contributed by atoms with Gasteiger partial charge in [-0.3, -0.25) is 14.5 Å². The molecule has 27 heavy (non-hydrogen) atoms. The quantitative estimate of drug-likeness (QED) is 0.736. The Labute approximate surface area is 161 Å². The van der Waals surface area contributed by atoms with Crippen LogP contribution < -0.4 is 10.6 Å². The van der Waals surface area contributed by atoms with Crippen molar-refractivity contribution in [2.75, 3.05) is 19.6 Å². The summed E-state index contributed by atoms with van der Waals surface area (Å²) in [6.07, 6.45) is 0.704. The van der Waals surface area contributed by atoms with Crippen molar-refractivity contribution in [3.05, 3.63) is 45.7 Å². The minimum Gasteiger partial charge on any atom is -0.356 e. The van der Waals surface area contributed by atoms with Crippen molar-refractivity contribution < 1.29 is 14.0 Å². The number of nitrogens with one attached hydrogen (secondary N) is 2. The molecule has 1 fully saturated rings. The molecule has 3 rings (SSSR count). The van der Waals surface area contributed by atoms with Crippen LogP contribution in [0.4, 0.5) is 4.39 Å².